The molecule has 1 amide bonds. The number of hydrogen-bond donors (Lipinski definition) is 1. The summed E-state index contributed by atoms with van der Waals surface area (Å²) >= 11 is 1.27. The minimum absolute atomic E-state index is 0.112. The summed E-state index contributed by atoms with van der Waals surface area (Å²) in [5.74, 6) is 0.882. The van der Waals surface area contributed by atoms with Crippen molar-refractivity contribution in [2.75, 3.05) is 19.5 Å². The lowest BCUT2D eigenvalue weighted by Gasteiger charge is -2.17. The smallest absolute Gasteiger partial charge is 0.257 e. The Balaban J connectivity index is 1.27. The van der Waals surface area contributed by atoms with Crippen LogP contribution in [-0.2, 0) is 16.6 Å². The number of carbonyl (C=O) groups is 1. The average Bonchev–Trinajstić information content (AvgIpc) is 3.55. The summed E-state index contributed by atoms with van der Waals surface area (Å²) < 4.78 is 38.3. The second-order valence-electron chi connectivity index (χ2n) is 8.28. The van der Waals surface area contributed by atoms with Crippen molar-refractivity contribution in [3.05, 3.63) is 95.4 Å². The summed E-state index contributed by atoms with van der Waals surface area (Å²) in [7, 11) is -0.585. The number of amides is 1. The maximum atomic E-state index is 12.9. The van der Waals surface area contributed by atoms with Gasteiger partial charge in [0.25, 0.3) is 5.91 Å². The molecule has 0 bridgehead atoms. The number of aromatic nitrogens is 1. The van der Waals surface area contributed by atoms with Crippen molar-refractivity contribution in [1.29, 1.82) is 0 Å². The van der Waals surface area contributed by atoms with Crippen LogP contribution in [0.5, 0.6) is 5.75 Å². The molecular weight excluding hydrogens is 510 g/mol. The topological polar surface area (TPSA) is 102 Å². The lowest BCUT2D eigenvalue weighted by atomic mass is 10.2. The molecule has 0 atom stereocenters. The number of hydrogen-bond acceptors (Lipinski definition) is 7. The molecule has 2 aromatic heterocycles. The van der Waals surface area contributed by atoms with E-state index in [4.69, 9.17) is 9.15 Å². The highest BCUT2D eigenvalue weighted by Gasteiger charge is 2.21. The molecule has 188 valence electrons. The van der Waals surface area contributed by atoms with E-state index in [1.807, 2.05) is 48.5 Å². The van der Waals surface area contributed by atoms with E-state index in [1.165, 1.54) is 47.0 Å². The largest absolute Gasteiger partial charge is 0.497 e. The van der Waals surface area contributed by atoms with Crippen molar-refractivity contribution in [2.45, 2.75) is 11.4 Å². The van der Waals surface area contributed by atoms with Gasteiger partial charge in [0.05, 0.1) is 12.0 Å². The fourth-order valence-corrected chi connectivity index (χ4v) is 5.62. The number of sulfonamides is 1. The normalized spacial score (nSPS) is 11.6. The van der Waals surface area contributed by atoms with Crippen molar-refractivity contribution in [1.82, 2.24) is 9.29 Å². The van der Waals surface area contributed by atoms with Crippen LogP contribution in [0.2, 0.25) is 0 Å². The zero-order valence-electron chi connectivity index (χ0n) is 20.0. The van der Waals surface area contributed by atoms with Gasteiger partial charge in [-0.1, -0.05) is 30.3 Å². The van der Waals surface area contributed by atoms with Gasteiger partial charge < -0.3 is 9.15 Å². The molecule has 37 heavy (non-hydrogen) atoms. The molecule has 0 saturated heterocycles. The fourth-order valence-electron chi connectivity index (χ4n) is 3.76. The first-order valence-corrected chi connectivity index (χ1v) is 13.6. The van der Waals surface area contributed by atoms with Gasteiger partial charge in [-0.25, -0.2) is 13.4 Å². The predicted molar refractivity (Wildman–Crippen MR) is 143 cm³/mol. The standard InChI is InChI=1S/C27H23N3O5S2/c1-30(16-18-6-4-3-5-7-18)37(32,33)22-12-9-19(10-13-22)26(31)29-27-28-23(17-36-27)25-14-20-8-11-21(34-2)15-24(20)35-25/h3-15,17H,16H2,1-2H3,(H,28,29,31). The van der Waals surface area contributed by atoms with Gasteiger partial charge >= 0.3 is 0 Å². The first-order valence-electron chi connectivity index (χ1n) is 11.3. The van der Waals surface area contributed by atoms with Gasteiger partial charge in [-0.05, 0) is 48.0 Å². The number of anilines is 1. The molecule has 5 rings (SSSR count). The van der Waals surface area contributed by atoms with Crippen LogP contribution in [-0.4, -0.2) is 37.8 Å². The highest BCUT2D eigenvalue weighted by Crippen LogP contribution is 2.32. The van der Waals surface area contributed by atoms with Crippen molar-refractivity contribution in [3.8, 4) is 17.2 Å². The van der Waals surface area contributed by atoms with Crippen molar-refractivity contribution in [3.63, 3.8) is 0 Å². The van der Waals surface area contributed by atoms with E-state index in [2.05, 4.69) is 10.3 Å². The molecule has 10 heteroatoms. The Bertz CT molecular complexity index is 1660. The van der Waals surface area contributed by atoms with Crippen LogP contribution < -0.4 is 10.1 Å². The monoisotopic (exact) mass is 533 g/mol. The quantitative estimate of drug-likeness (QED) is 0.277. The number of nitrogens with zero attached hydrogens (tertiary/aromatic N) is 2. The Hall–Kier alpha value is -3.99. The number of fused-ring (bicyclic) bond motifs is 1. The van der Waals surface area contributed by atoms with Crippen LogP contribution in [0, 0.1) is 0 Å². The van der Waals surface area contributed by atoms with Gasteiger partial charge in [-0.2, -0.15) is 4.31 Å². The minimum atomic E-state index is -3.71. The molecule has 0 aliphatic carbocycles. The highest BCUT2D eigenvalue weighted by atomic mass is 32.2. The van der Waals surface area contributed by atoms with Gasteiger partial charge in [0, 0.05) is 36.0 Å². The van der Waals surface area contributed by atoms with E-state index < -0.39 is 15.9 Å². The lowest BCUT2D eigenvalue weighted by molar-refractivity contribution is 0.102. The fraction of sp³-hybridized carbons (Fsp3) is 0.111. The molecule has 2 heterocycles. The van der Waals surface area contributed by atoms with Crippen LogP contribution in [0.15, 0.2) is 93.6 Å². The zero-order chi connectivity index (χ0) is 26.0. The summed E-state index contributed by atoms with van der Waals surface area (Å²) in [6, 6.07) is 22.6. The molecule has 0 unspecified atom stereocenters. The first kappa shape index (κ1) is 24.7. The molecule has 0 saturated carbocycles. The second-order valence-corrected chi connectivity index (χ2v) is 11.2. The molecule has 5 aromatic rings. The predicted octanol–water partition coefficient (Wildman–Crippen LogP) is 5.64. The molecule has 0 aliphatic heterocycles. The van der Waals surface area contributed by atoms with Gasteiger partial charge in [-0.3, -0.25) is 10.1 Å². The van der Waals surface area contributed by atoms with Crippen molar-refractivity contribution in [2.24, 2.45) is 0 Å². The van der Waals surface area contributed by atoms with Gasteiger partial charge in [0.1, 0.15) is 17.0 Å². The Labute approximate surface area is 218 Å². The third-order valence-electron chi connectivity index (χ3n) is 5.78. The Morgan fingerprint density at radius 3 is 2.54 bits per heavy atom. The summed E-state index contributed by atoms with van der Waals surface area (Å²) in [5.41, 5.74) is 2.47. The summed E-state index contributed by atoms with van der Waals surface area (Å²) in [4.78, 5) is 17.3. The number of nitrogens with one attached hydrogen (secondary N) is 1. The van der Waals surface area contributed by atoms with Gasteiger partial charge in [-0.15, -0.1) is 11.3 Å². The van der Waals surface area contributed by atoms with E-state index in [9.17, 15) is 13.2 Å². The molecule has 0 aliphatic rings. The zero-order valence-corrected chi connectivity index (χ0v) is 21.7. The number of rotatable bonds is 8. The van der Waals surface area contributed by atoms with Crippen LogP contribution in [0.4, 0.5) is 5.13 Å². The molecule has 0 spiro atoms. The van der Waals surface area contributed by atoms with Crippen molar-refractivity contribution >= 4 is 43.4 Å². The molecule has 3 aromatic carbocycles. The number of thiazole rings is 1. The number of benzene rings is 3. The molecule has 8 nitrogen and oxygen atoms in total. The molecular formula is C27H23N3O5S2. The third-order valence-corrected chi connectivity index (χ3v) is 8.35. The van der Waals surface area contributed by atoms with Crippen molar-refractivity contribution < 1.29 is 22.4 Å². The minimum Gasteiger partial charge on any atom is -0.497 e. The molecule has 1 N–H and O–H groups in total. The maximum absolute atomic E-state index is 12.9. The molecule has 0 fully saturated rings. The van der Waals surface area contributed by atoms with Gasteiger partial charge in [0.2, 0.25) is 10.0 Å². The lowest BCUT2D eigenvalue weighted by Crippen LogP contribution is -2.26. The van der Waals surface area contributed by atoms with E-state index >= 15 is 0 Å². The SMILES string of the molecule is COc1ccc2cc(-c3csc(NC(=O)c4ccc(S(=O)(=O)N(C)Cc5ccccc5)cc4)n3)oc2c1. The third kappa shape index (κ3) is 5.26. The Kier molecular flexibility index (Phi) is 6.79. The van der Waals surface area contributed by atoms with E-state index in [0.29, 0.717) is 33.5 Å². The number of ether oxygens (including phenoxy) is 1. The highest BCUT2D eigenvalue weighted by molar-refractivity contribution is 7.89. The maximum Gasteiger partial charge on any atom is 0.257 e. The second kappa shape index (κ2) is 10.2. The van der Waals surface area contributed by atoms with Gasteiger partial charge in [0.15, 0.2) is 10.9 Å². The summed E-state index contributed by atoms with van der Waals surface area (Å²) in [6.07, 6.45) is 0. The number of furan rings is 1. The van der Waals surface area contributed by atoms with Crippen LogP contribution >= 0.6 is 11.3 Å². The van der Waals surface area contributed by atoms with Crippen LogP contribution in [0.3, 0.4) is 0 Å². The van der Waals surface area contributed by atoms with Crippen LogP contribution in [0.1, 0.15) is 15.9 Å². The van der Waals surface area contributed by atoms with E-state index in [-0.39, 0.29) is 11.4 Å². The summed E-state index contributed by atoms with van der Waals surface area (Å²) in [6.45, 7) is 0.247. The Morgan fingerprint density at radius 1 is 1.05 bits per heavy atom. The summed E-state index contributed by atoms with van der Waals surface area (Å²) in [5, 5.41) is 5.87. The number of methoxy groups -OCH3 is 1. The number of carbonyl (C=O) groups excluding carboxylic acids is 1. The first-order chi connectivity index (χ1) is 17.8. The molecule has 0 radical (unpaired) electrons. The Morgan fingerprint density at radius 2 is 1.81 bits per heavy atom. The van der Waals surface area contributed by atoms with Crippen LogP contribution in [0.25, 0.3) is 22.4 Å². The van der Waals surface area contributed by atoms with E-state index in [1.54, 1.807) is 18.6 Å². The average molecular weight is 534 g/mol. The van der Waals surface area contributed by atoms with E-state index in [0.717, 1.165) is 10.9 Å².